The summed E-state index contributed by atoms with van der Waals surface area (Å²) in [7, 11) is 1.87. The molecule has 2 aromatic heterocycles. The van der Waals surface area contributed by atoms with Crippen molar-refractivity contribution in [2.45, 2.75) is 68.4 Å². The first-order valence-corrected chi connectivity index (χ1v) is 15.1. The Bertz CT molecular complexity index is 1590. The molecule has 4 fully saturated rings. The molecule has 2 unspecified atom stereocenters. The van der Waals surface area contributed by atoms with Crippen molar-refractivity contribution in [2.24, 2.45) is 0 Å². The molecule has 1 N–H and O–H groups in total. The van der Waals surface area contributed by atoms with Gasteiger partial charge >= 0.3 is 6.01 Å². The van der Waals surface area contributed by atoms with Crippen LogP contribution in [0.4, 0.5) is 14.6 Å². The van der Waals surface area contributed by atoms with E-state index in [-0.39, 0.29) is 53.6 Å². The highest BCUT2D eigenvalue weighted by Gasteiger charge is 2.49. The van der Waals surface area contributed by atoms with Crippen molar-refractivity contribution in [3.8, 4) is 28.9 Å². The van der Waals surface area contributed by atoms with Crippen LogP contribution in [0.1, 0.15) is 50.0 Å². The number of phenolic OH excluding ortho intramolecular Hbond substituents is 1. The molecule has 9 nitrogen and oxygen atoms in total. The summed E-state index contributed by atoms with van der Waals surface area (Å²) in [4.78, 5) is 18.1. The molecule has 1 aliphatic carbocycles. The number of hydrogen-bond acceptors (Lipinski definition) is 9. The molecule has 0 bridgehead atoms. The average molecular weight is 600 g/mol. The van der Waals surface area contributed by atoms with Gasteiger partial charge in [-0.15, -0.1) is 0 Å². The van der Waals surface area contributed by atoms with Gasteiger partial charge in [0.15, 0.2) is 5.82 Å². The monoisotopic (exact) mass is 599 g/mol. The molecule has 4 atom stereocenters. The molecule has 1 aromatic carbocycles. The summed E-state index contributed by atoms with van der Waals surface area (Å²) in [6.07, 6.45) is 3.32. The third-order valence-corrected chi connectivity index (χ3v) is 9.84. The van der Waals surface area contributed by atoms with E-state index in [0.717, 1.165) is 37.8 Å². The van der Waals surface area contributed by atoms with Gasteiger partial charge in [-0.05, 0) is 55.8 Å². The summed E-state index contributed by atoms with van der Waals surface area (Å²) in [6, 6.07) is 2.99. The Morgan fingerprint density at radius 2 is 2.02 bits per heavy atom. The molecule has 5 aliphatic rings. The van der Waals surface area contributed by atoms with E-state index in [0.29, 0.717) is 54.3 Å². The first-order valence-electron chi connectivity index (χ1n) is 14.7. The molecule has 1 saturated carbocycles. The number of alkyl halides is 1. The molecule has 12 heteroatoms. The van der Waals surface area contributed by atoms with Gasteiger partial charge in [-0.25, -0.2) is 13.8 Å². The first-order chi connectivity index (χ1) is 20.3. The predicted octanol–water partition coefficient (Wildman–Crippen LogP) is 5.01. The molecule has 0 radical (unpaired) electrons. The molecule has 8 rings (SSSR count). The van der Waals surface area contributed by atoms with Crippen molar-refractivity contribution in [3.05, 3.63) is 28.5 Å². The molecule has 3 aromatic rings. The number of anilines is 1. The number of benzene rings is 1. The molecule has 42 heavy (non-hydrogen) atoms. The minimum atomic E-state index is -0.897. The van der Waals surface area contributed by atoms with Gasteiger partial charge in [-0.1, -0.05) is 11.6 Å². The zero-order chi connectivity index (χ0) is 28.7. The number of hydrogen-bond donors (Lipinski definition) is 1. The van der Waals surface area contributed by atoms with Crippen LogP contribution in [-0.4, -0.2) is 88.8 Å². The van der Waals surface area contributed by atoms with Crippen molar-refractivity contribution >= 4 is 28.3 Å². The minimum Gasteiger partial charge on any atom is -0.508 e. The fourth-order valence-electron chi connectivity index (χ4n) is 7.38. The number of rotatable bonds is 5. The topological polar surface area (TPSA) is 93.1 Å². The Balaban J connectivity index is 1.29. The smallest absolute Gasteiger partial charge is 0.319 e. The molecule has 3 saturated heterocycles. The van der Waals surface area contributed by atoms with Crippen molar-refractivity contribution in [2.75, 3.05) is 44.8 Å². The van der Waals surface area contributed by atoms with Crippen molar-refractivity contribution in [3.63, 3.8) is 0 Å². The molecule has 0 amide bonds. The second kappa shape index (κ2) is 9.75. The maximum Gasteiger partial charge on any atom is 0.319 e. The second-order valence-corrected chi connectivity index (χ2v) is 12.8. The third-order valence-electron chi connectivity index (χ3n) is 9.53. The van der Waals surface area contributed by atoms with Gasteiger partial charge in [0.1, 0.15) is 53.2 Å². The Hall–Kier alpha value is -3.02. The van der Waals surface area contributed by atoms with Crippen LogP contribution in [0.5, 0.6) is 17.6 Å². The van der Waals surface area contributed by atoms with Gasteiger partial charge in [0.2, 0.25) is 5.88 Å². The lowest BCUT2D eigenvalue weighted by Gasteiger charge is -2.32. The van der Waals surface area contributed by atoms with E-state index >= 15 is 4.39 Å². The van der Waals surface area contributed by atoms with Crippen LogP contribution in [0, 0.1) is 5.82 Å². The lowest BCUT2D eigenvalue weighted by molar-refractivity contribution is 0.0568. The van der Waals surface area contributed by atoms with Crippen molar-refractivity contribution in [1.82, 2.24) is 19.9 Å². The van der Waals surface area contributed by atoms with E-state index < -0.39 is 17.5 Å². The highest BCUT2D eigenvalue weighted by molar-refractivity contribution is 6.32. The van der Waals surface area contributed by atoms with E-state index in [9.17, 15) is 9.50 Å². The summed E-state index contributed by atoms with van der Waals surface area (Å²) in [5, 5.41) is 11.2. The molecule has 0 spiro atoms. The summed E-state index contributed by atoms with van der Waals surface area (Å²) in [6.45, 7) is 2.47. The van der Waals surface area contributed by atoms with Gasteiger partial charge < -0.3 is 24.2 Å². The summed E-state index contributed by atoms with van der Waals surface area (Å²) >= 11 is 6.58. The van der Waals surface area contributed by atoms with Crippen LogP contribution in [0.2, 0.25) is 5.02 Å². The SMILES string of the molecule is CN1CC2OCCC2Oc2nc(-c3cc(O)cc(Cl)c3C3CC3)c(F)c3nc(OC[C@@]45CCCN4C[C@H](F)C5)nc1c23. The molecule has 222 valence electrons. The number of likely N-dealkylation sites (N-methyl/N-ethyl adjacent to an activating group) is 1. The first kappa shape index (κ1) is 26.6. The summed E-state index contributed by atoms with van der Waals surface area (Å²) in [5.41, 5.74) is 0.776. The van der Waals surface area contributed by atoms with Crippen LogP contribution < -0.4 is 14.4 Å². The Morgan fingerprint density at radius 3 is 2.86 bits per heavy atom. The maximum absolute atomic E-state index is 16.7. The van der Waals surface area contributed by atoms with Crippen molar-refractivity contribution < 1.29 is 28.1 Å². The molecular formula is C30H32ClF2N5O4. The number of fused-ring (bicyclic) bond motifs is 2. The summed E-state index contributed by atoms with van der Waals surface area (Å²) < 4.78 is 49.7. The van der Waals surface area contributed by atoms with E-state index in [1.165, 1.54) is 12.1 Å². The van der Waals surface area contributed by atoms with Crippen LogP contribution >= 0.6 is 11.6 Å². The van der Waals surface area contributed by atoms with Crippen LogP contribution in [0.25, 0.3) is 22.2 Å². The lowest BCUT2D eigenvalue weighted by atomic mass is 9.95. The maximum atomic E-state index is 16.7. The number of pyridine rings is 1. The number of phenols is 1. The Kier molecular flexibility index (Phi) is 6.18. The molecular weight excluding hydrogens is 568 g/mol. The van der Waals surface area contributed by atoms with Gasteiger partial charge in [0.05, 0.1) is 12.1 Å². The largest absolute Gasteiger partial charge is 0.508 e. The zero-order valence-corrected chi connectivity index (χ0v) is 24.0. The van der Waals surface area contributed by atoms with E-state index in [4.69, 9.17) is 35.8 Å². The van der Waals surface area contributed by atoms with Gasteiger partial charge in [-0.2, -0.15) is 9.97 Å². The number of halogens is 3. The number of ether oxygens (including phenoxy) is 3. The average Bonchev–Trinajstić information content (AvgIpc) is 3.45. The number of nitrogens with zero attached hydrogens (tertiary/aromatic N) is 5. The highest BCUT2D eigenvalue weighted by atomic mass is 35.5. The standard InChI is InChI=1S/C30H32ClF2N5O4/c1-37-13-21-20(5-8-40-21)42-28-23-26(24(33)25(34-28)18-9-17(39)10-19(31)22(18)15-3-4-15)35-29(36-27(23)37)41-14-30-6-2-7-38(30)12-16(32)11-30/h9-10,15-16,20-21,39H,2-8,11-14H2,1H3/t16-,20?,21?,30+/m1/s1. The quantitative estimate of drug-likeness (QED) is 0.434. The number of aromatic nitrogens is 3. The zero-order valence-electron chi connectivity index (χ0n) is 23.3. The van der Waals surface area contributed by atoms with Crippen LogP contribution in [0.3, 0.4) is 0 Å². The van der Waals surface area contributed by atoms with Crippen LogP contribution in [-0.2, 0) is 4.74 Å². The fourth-order valence-corrected chi connectivity index (χ4v) is 7.74. The van der Waals surface area contributed by atoms with Crippen LogP contribution in [0.15, 0.2) is 12.1 Å². The second-order valence-electron chi connectivity index (χ2n) is 12.4. The summed E-state index contributed by atoms with van der Waals surface area (Å²) in [5.74, 6) is 0.0274. The molecule has 6 heterocycles. The third kappa shape index (κ3) is 4.26. The van der Waals surface area contributed by atoms with Gasteiger partial charge in [0.25, 0.3) is 0 Å². The normalized spacial score (nSPS) is 28.9. The highest BCUT2D eigenvalue weighted by Crippen LogP contribution is 2.50. The van der Waals surface area contributed by atoms with E-state index in [2.05, 4.69) is 9.88 Å². The fraction of sp³-hybridized carbons (Fsp3) is 0.567. The van der Waals surface area contributed by atoms with Crippen molar-refractivity contribution in [1.29, 1.82) is 0 Å². The Labute approximate surface area is 246 Å². The molecule has 4 aliphatic heterocycles. The predicted molar refractivity (Wildman–Crippen MR) is 152 cm³/mol. The number of aromatic hydroxyl groups is 1. The van der Waals surface area contributed by atoms with Gasteiger partial charge in [-0.3, -0.25) is 4.90 Å². The minimum absolute atomic E-state index is 0.00289. The lowest BCUT2D eigenvalue weighted by Crippen LogP contribution is -2.43. The van der Waals surface area contributed by atoms with Gasteiger partial charge in [0, 0.05) is 43.6 Å². The van der Waals surface area contributed by atoms with E-state index in [1.807, 2.05) is 11.9 Å². The van der Waals surface area contributed by atoms with E-state index in [1.54, 1.807) is 0 Å². The Morgan fingerprint density at radius 1 is 1.17 bits per heavy atom.